The summed E-state index contributed by atoms with van der Waals surface area (Å²) in [6.45, 7) is 5.28. The maximum Gasteiger partial charge on any atom is 0.271 e. The van der Waals surface area contributed by atoms with E-state index in [1.807, 2.05) is 13.8 Å². The van der Waals surface area contributed by atoms with Crippen LogP contribution in [0.5, 0.6) is 5.75 Å². The molecule has 0 saturated heterocycles. The minimum atomic E-state index is -4.16. The Morgan fingerprint density at radius 1 is 1.16 bits per heavy atom. The molecule has 0 bridgehead atoms. The molecule has 0 radical (unpaired) electrons. The van der Waals surface area contributed by atoms with Crippen molar-refractivity contribution in [3.05, 3.63) is 58.8 Å². The predicted molar refractivity (Wildman–Crippen MR) is 120 cm³/mol. The highest BCUT2D eigenvalue weighted by Gasteiger charge is 2.23. The second kappa shape index (κ2) is 9.27. The first kappa shape index (κ1) is 23.1. The number of methoxy groups -OCH3 is 1. The number of carbonyl (C=O) groups is 1. The molecule has 0 aliphatic rings. The molecule has 0 saturated carbocycles. The third-order valence-corrected chi connectivity index (χ3v) is 6.50. The lowest BCUT2D eigenvalue weighted by Crippen LogP contribution is -2.33. The van der Waals surface area contributed by atoms with Gasteiger partial charge in [0.2, 0.25) is 5.91 Å². The SMILES string of the molecule is CCN(CC)C(=O)Cn1ccc2cc(NS(=O)(=O)c3cc([N+](=O)[O-])ccc3OC)ccc21. The summed E-state index contributed by atoms with van der Waals surface area (Å²) < 4.78 is 35.1. The van der Waals surface area contributed by atoms with E-state index < -0.39 is 14.9 Å². The molecule has 11 heteroatoms. The zero-order valence-corrected chi connectivity index (χ0v) is 18.8. The number of amides is 1. The van der Waals surface area contributed by atoms with Crippen LogP contribution in [0.1, 0.15) is 13.8 Å². The van der Waals surface area contributed by atoms with Gasteiger partial charge in [0.15, 0.2) is 0 Å². The van der Waals surface area contributed by atoms with E-state index in [1.54, 1.807) is 39.9 Å². The van der Waals surface area contributed by atoms with Gasteiger partial charge in [-0.3, -0.25) is 19.6 Å². The van der Waals surface area contributed by atoms with Gasteiger partial charge in [-0.05, 0) is 44.2 Å². The lowest BCUT2D eigenvalue weighted by atomic mass is 10.2. The normalized spacial score (nSPS) is 11.3. The number of benzene rings is 2. The summed E-state index contributed by atoms with van der Waals surface area (Å²) in [5.74, 6) is -0.0136. The number of likely N-dealkylation sites (N-methyl/N-ethyl adjacent to an activating group) is 1. The van der Waals surface area contributed by atoms with Crippen molar-refractivity contribution in [3.8, 4) is 5.75 Å². The average Bonchev–Trinajstić information content (AvgIpc) is 3.15. The molecular formula is C21H24N4O6S. The van der Waals surface area contributed by atoms with Crippen molar-refractivity contribution >= 4 is 38.2 Å². The van der Waals surface area contributed by atoms with Crippen molar-refractivity contribution in [1.82, 2.24) is 9.47 Å². The maximum absolute atomic E-state index is 12.9. The Kier molecular flexibility index (Phi) is 6.68. The van der Waals surface area contributed by atoms with E-state index in [2.05, 4.69) is 4.72 Å². The number of nitrogens with one attached hydrogen (secondary N) is 1. The van der Waals surface area contributed by atoms with E-state index in [0.29, 0.717) is 13.1 Å². The second-order valence-electron chi connectivity index (χ2n) is 6.98. The van der Waals surface area contributed by atoms with Crippen molar-refractivity contribution < 1.29 is 22.9 Å². The van der Waals surface area contributed by atoms with Gasteiger partial charge in [0.1, 0.15) is 17.2 Å². The van der Waals surface area contributed by atoms with Crippen molar-refractivity contribution in [1.29, 1.82) is 0 Å². The summed E-state index contributed by atoms with van der Waals surface area (Å²) in [5, 5.41) is 11.8. The van der Waals surface area contributed by atoms with Crippen LogP contribution in [0.3, 0.4) is 0 Å². The number of hydrogen-bond donors (Lipinski definition) is 1. The van der Waals surface area contributed by atoms with Crippen LogP contribution in [0.4, 0.5) is 11.4 Å². The van der Waals surface area contributed by atoms with Gasteiger partial charge in [0.25, 0.3) is 15.7 Å². The molecule has 1 amide bonds. The van der Waals surface area contributed by atoms with Gasteiger partial charge in [-0.25, -0.2) is 8.42 Å². The Balaban J connectivity index is 1.89. The monoisotopic (exact) mass is 460 g/mol. The predicted octanol–water partition coefficient (Wildman–Crippen LogP) is 3.23. The maximum atomic E-state index is 12.9. The van der Waals surface area contributed by atoms with Crippen LogP contribution >= 0.6 is 0 Å². The van der Waals surface area contributed by atoms with Gasteiger partial charge >= 0.3 is 0 Å². The quantitative estimate of drug-likeness (QED) is 0.386. The highest BCUT2D eigenvalue weighted by atomic mass is 32.2. The molecule has 1 heterocycles. The fourth-order valence-electron chi connectivity index (χ4n) is 3.42. The topological polar surface area (TPSA) is 124 Å². The van der Waals surface area contributed by atoms with E-state index in [-0.39, 0.29) is 34.5 Å². The molecular weight excluding hydrogens is 436 g/mol. The molecule has 170 valence electrons. The number of non-ortho nitro benzene ring substituents is 1. The minimum Gasteiger partial charge on any atom is -0.495 e. The van der Waals surface area contributed by atoms with E-state index >= 15 is 0 Å². The summed E-state index contributed by atoms with van der Waals surface area (Å²) in [7, 11) is -2.87. The van der Waals surface area contributed by atoms with Crippen LogP contribution in [-0.4, -0.2) is 48.9 Å². The largest absolute Gasteiger partial charge is 0.495 e. The van der Waals surface area contributed by atoms with Crippen LogP contribution in [0.15, 0.2) is 53.6 Å². The molecule has 3 rings (SSSR count). The average molecular weight is 461 g/mol. The number of nitro groups is 1. The first-order valence-electron chi connectivity index (χ1n) is 9.92. The Morgan fingerprint density at radius 3 is 2.50 bits per heavy atom. The Bertz CT molecular complexity index is 1260. The Morgan fingerprint density at radius 2 is 1.88 bits per heavy atom. The van der Waals surface area contributed by atoms with Gasteiger partial charge in [-0.1, -0.05) is 0 Å². The van der Waals surface area contributed by atoms with Gasteiger partial charge in [0, 0.05) is 48.0 Å². The summed E-state index contributed by atoms with van der Waals surface area (Å²) >= 11 is 0. The first-order valence-corrected chi connectivity index (χ1v) is 11.4. The van der Waals surface area contributed by atoms with Crippen LogP contribution in [-0.2, 0) is 21.4 Å². The number of ether oxygens (including phenoxy) is 1. The molecule has 0 atom stereocenters. The van der Waals surface area contributed by atoms with Crippen molar-refractivity contribution in [3.63, 3.8) is 0 Å². The number of rotatable bonds is 9. The second-order valence-corrected chi connectivity index (χ2v) is 8.63. The van der Waals surface area contributed by atoms with Crippen LogP contribution in [0.2, 0.25) is 0 Å². The molecule has 10 nitrogen and oxygen atoms in total. The molecule has 1 N–H and O–H groups in total. The zero-order valence-electron chi connectivity index (χ0n) is 17.9. The van der Waals surface area contributed by atoms with E-state index in [1.165, 1.54) is 19.2 Å². The van der Waals surface area contributed by atoms with E-state index in [0.717, 1.165) is 17.0 Å². The van der Waals surface area contributed by atoms with Crippen LogP contribution < -0.4 is 9.46 Å². The van der Waals surface area contributed by atoms with E-state index in [9.17, 15) is 23.3 Å². The fourth-order valence-corrected chi connectivity index (χ4v) is 4.66. The van der Waals surface area contributed by atoms with Gasteiger partial charge < -0.3 is 14.2 Å². The molecule has 3 aromatic rings. The van der Waals surface area contributed by atoms with Crippen molar-refractivity contribution in [2.75, 3.05) is 24.9 Å². The third-order valence-electron chi connectivity index (χ3n) is 5.09. The summed E-state index contributed by atoms with van der Waals surface area (Å²) in [6, 6.07) is 10.1. The summed E-state index contributed by atoms with van der Waals surface area (Å²) in [5.41, 5.74) is 0.692. The molecule has 32 heavy (non-hydrogen) atoms. The van der Waals surface area contributed by atoms with Crippen LogP contribution in [0, 0.1) is 10.1 Å². The van der Waals surface area contributed by atoms with Gasteiger partial charge in [0.05, 0.1) is 12.0 Å². The molecule has 1 aromatic heterocycles. The molecule has 0 fully saturated rings. The summed E-state index contributed by atoms with van der Waals surface area (Å²) in [4.78, 5) is 24.2. The van der Waals surface area contributed by atoms with Gasteiger partial charge in [-0.2, -0.15) is 0 Å². The Hall–Kier alpha value is -3.60. The fraction of sp³-hybridized carbons (Fsp3) is 0.286. The molecule has 0 unspecified atom stereocenters. The number of hydrogen-bond acceptors (Lipinski definition) is 6. The molecule has 2 aromatic carbocycles. The van der Waals surface area contributed by atoms with Crippen LogP contribution in [0.25, 0.3) is 10.9 Å². The number of aromatic nitrogens is 1. The van der Waals surface area contributed by atoms with Crippen molar-refractivity contribution in [2.45, 2.75) is 25.3 Å². The molecule has 0 aliphatic heterocycles. The smallest absolute Gasteiger partial charge is 0.271 e. The molecule has 0 aliphatic carbocycles. The number of nitrogens with zero attached hydrogens (tertiary/aromatic N) is 3. The highest BCUT2D eigenvalue weighted by Crippen LogP contribution is 2.30. The zero-order chi connectivity index (χ0) is 23.5. The highest BCUT2D eigenvalue weighted by molar-refractivity contribution is 7.92. The number of fused-ring (bicyclic) bond motifs is 1. The number of nitro benzene ring substituents is 1. The molecule has 0 spiro atoms. The first-order chi connectivity index (χ1) is 15.2. The van der Waals surface area contributed by atoms with Gasteiger partial charge in [-0.15, -0.1) is 0 Å². The number of carbonyl (C=O) groups excluding carboxylic acids is 1. The minimum absolute atomic E-state index is 0.00459. The van der Waals surface area contributed by atoms with E-state index in [4.69, 9.17) is 4.74 Å². The Labute approximate surface area is 185 Å². The third kappa shape index (κ3) is 4.67. The summed E-state index contributed by atoms with van der Waals surface area (Å²) in [6.07, 6.45) is 1.77. The number of sulfonamides is 1. The number of anilines is 1. The lowest BCUT2D eigenvalue weighted by Gasteiger charge is -2.19. The van der Waals surface area contributed by atoms with Crippen molar-refractivity contribution in [2.24, 2.45) is 0 Å². The lowest BCUT2D eigenvalue weighted by molar-refractivity contribution is -0.385. The standard InChI is InChI=1S/C21H24N4O6S/c1-4-23(5-2)21(26)14-24-11-10-15-12-16(6-8-18(15)24)22-32(29,30)20-13-17(25(27)28)7-9-19(20)31-3/h6-13,22H,4-5,14H2,1-3H3.